The van der Waals surface area contributed by atoms with E-state index in [0.29, 0.717) is 54.0 Å². The third-order valence-corrected chi connectivity index (χ3v) is 6.70. The number of piperazine rings is 1. The predicted molar refractivity (Wildman–Crippen MR) is 130 cm³/mol. The van der Waals surface area contributed by atoms with Crippen LogP contribution >= 0.6 is 11.3 Å². The largest absolute Gasteiger partial charge is 0.497 e. The van der Waals surface area contributed by atoms with Gasteiger partial charge >= 0.3 is 0 Å². The molecule has 2 aromatic heterocycles. The number of nitrogens with zero attached hydrogens (tertiary/aromatic N) is 5. The van der Waals surface area contributed by atoms with Crippen molar-refractivity contribution < 1.29 is 14.3 Å². The first kappa shape index (κ1) is 21.9. The maximum absolute atomic E-state index is 13.1. The molecule has 4 aromatic rings. The van der Waals surface area contributed by atoms with E-state index >= 15 is 0 Å². The molecule has 2 aromatic carbocycles. The van der Waals surface area contributed by atoms with Gasteiger partial charge in [0.2, 0.25) is 4.96 Å². The Morgan fingerprint density at radius 1 is 0.941 bits per heavy atom. The molecule has 1 fully saturated rings. The number of fused-ring (bicyclic) bond motifs is 1. The van der Waals surface area contributed by atoms with E-state index in [9.17, 15) is 9.59 Å². The fourth-order valence-corrected chi connectivity index (χ4v) is 4.82. The van der Waals surface area contributed by atoms with Gasteiger partial charge in [-0.2, -0.15) is 9.61 Å². The minimum absolute atomic E-state index is 0.0877. The van der Waals surface area contributed by atoms with E-state index < -0.39 is 0 Å². The lowest BCUT2D eigenvalue weighted by molar-refractivity contribution is 0.0745. The van der Waals surface area contributed by atoms with Crippen molar-refractivity contribution in [2.75, 3.05) is 45.3 Å². The first-order chi connectivity index (χ1) is 16.6. The molecule has 34 heavy (non-hydrogen) atoms. The van der Waals surface area contributed by atoms with Crippen LogP contribution in [0.15, 0.2) is 59.4 Å². The summed E-state index contributed by atoms with van der Waals surface area (Å²) in [5.41, 5.74) is 1.24. The highest BCUT2D eigenvalue weighted by Crippen LogP contribution is 2.26. The van der Waals surface area contributed by atoms with Crippen LogP contribution in [0.3, 0.4) is 0 Å². The number of carbonyl (C=O) groups excluding carboxylic acids is 1. The fraction of sp³-hybridized carbons (Fsp3) is 0.250. The van der Waals surface area contributed by atoms with Crippen molar-refractivity contribution in [2.45, 2.75) is 0 Å². The van der Waals surface area contributed by atoms with Crippen LogP contribution in [-0.2, 0) is 0 Å². The SMILES string of the molecule is COc1cc(OC)cc(C(=O)N2CCN(c3cc(=O)n4nc(-c5ccccc5)sc4n3)CC2)c1. The summed E-state index contributed by atoms with van der Waals surface area (Å²) in [4.78, 5) is 34.8. The number of ether oxygens (including phenoxy) is 2. The molecule has 174 valence electrons. The first-order valence-corrected chi connectivity index (χ1v) is 11.6. The lowest BCUT2D eigenvalue weighted by Gasteiger charge is -2.35. The molecule has 3 heterocycles. The van der Waals surface area contributed by atoms with Gasteiger partial charge in [0, 0.05) is 49.4 Å². The van der Waals surface area contributed by atoms with Crippen molar-refractivity contribution in [3.8, 4) is 22.1 Å². The van der Waals surface area contributed by atoms with Gasteiger partial charge in [0.25, 0.3) is 11.5 Å². The number of methoxy groups -OCH3 is 2. The Hall–Kier alpha value is -3.92. The van der Waals surface area contributed by atoms with Crippen LogP contribution in [0.2, 0.25) is 0 Å². The Bertz CT molecular complexity index is 1370. The summed E-state index contributed by atoms with van der Waals surface area (Å²) in [5.74, 6) is 1.65. The average molecular weight is 478 g/mol. The molecular weight excluding hydrogens is 454 g/mol. The van der Waals surface area contributed by atoms with Crippen molar-refractivity contribution in [1.29, 1.82) is 0 Å². The molecule has 0 bridgehead atoms. The van der Waals surface area contributed by atoms with Crippen LogP contribution in [0.5, 0.6) is 11.5 Å². The van der Waals surface area contributed by atoms with Crippen molar-refractivity contribution in [3.05, 3.63) is 70.5 Å². The number of hydrogen-bond acceptors (Lipinski definition) is 8. The van der Waals surface area contributed by atoms with Gasteiger partial charge in [-0.05, 0) is 12.1 Å². The van der Waals surface area contributed by atoms with Crippen molar-refractivity contribution >= 4 is 28.0 Å². The molecule has 1 aliphatic heterocycles. The minimum Gasteiger partial charge on any atom is -0.497 e. The quantitative estimate of drug-likeness (QED) is 0.437. The van der Waals surface area contributed by atoms with Gasteiger partial charge in [-0.25, -0.2) is 4.98 Å². The van der Waals surface area contributed by atoms with Gasteiger partial charge in [-0.3, -0.25) is 9.59 Å². The third-order valence-electron chi connectivity index (χ3n) is 5.74. The molecule has 0 spiro atoms. The highest BCUT2D eigenvalue weighted by Gasteiger charge is 2.24. The molecule has 1 aliphatic rings. The number of carbonyl (C=O) groups is 1. The van der Waals surface area contributed by atoms with E-state index in [1.165, 1.54) is 21.9 Å². The summed E-state index contributed by atoms with van der Waals surface area (Å²) in [6.07, 6.45) is 0. The summed E-state index contributed by atoms with van der Waals surface area (Å²) in [7, 11) is 3.11. The van der Waals surface area contributed by atoms with Crippen molar-refractivity contribution in [3.63, 3.8) is 0 Å². The highest BCUT2D eigenvalue weighted by atomic mass is 32.1. The zero-order valence-corrected chi connectivity index (χ0v) is 19.6. The molecule has 0 saturated carbocycles. The molecule has 1 amide bonds. The third kappa shape index (κ3) is 4.19. The Morgan fingerprint density at radius 3 is 2.26 bits per heavy atom. The van der Waals surface area contributed by atoms with E-state index in [1.54, 1.807) is 37.3 Å². The Labute approximate surface area is 199 Å². The van der Waals surface area contributed by atoms with Gasteiger partial charge in [-0.15, -0.1) is 0 Å². The van der Waals surface area contributed by atoms with Gasteiger partial charge in [0.15, 0.2) is 0 Å². The monoisotopic (exact) mass is 477 g/mol. The summed E-state index contributed by atoms with van der Waals surface area (Å²) < 4.78 is 11.9. The van der Waals surface area contributed by atoms with Gasteiger partial charge in [0.05, 0.1) is 14.2 Å². The summed E-state index contributed by atoms with van der Waals surface area (Å²) in [6.45, 7) is 2.16. The van der Waals surface area contributed by atoms with Crippen molar-refractivity contribution in [1.82, 2.24) is 19.5 Å². The second-order valence-electron chi connectivity index (χ2n) is 7.80. The van der Waals surface area contributed by atoms with E-state index in [-0.39, 0.29) is 11.5 Å². The summed E-state index contributed by atoms with van der Waals surface area (Å²) in [5, 5.41) is 5.18. The van der Waals surface area contributed by atoms with E-state index in [1.807, 2.05) is 35.2 Å². The number of anilines is 1. The number of benzene rings is 2. The lowest BCUT2D eigenvalue weighted by Crippen LogP contribution is -2.49. The van der Waals surface area contributed by atoms with Crippen LogP contribution < -0.4 is 19.9 Å². The second kappa shape index (κ2) is 9.14. The first-order valence-electron chi connectivity index (χ1n) is 10.8. The maximum atomic E-state index is 13.1. The molecule has 1 saturated heterocycles. The Morgan fingerprint density at radius 2 is 1.62 bits per heavy atom. The molecular formula is C24H23N5O4S. The molecule has 5 rings (SSSR count). The maximum Gasteiger partial charge on any atom is 0.277 e. The number of rotatable bonds is 5. The average Bonchev–Trinajstić information content (AvgIpc) is 3.33. The fourth-order valence-electron chi connectivity index (χ4n) is 3.91. The van der Waals surface area contributed by atoms with Crippen LogP contribution in [0.4, 0.5) is 5.82 Å². The molecule has 0 N–H and O–H groups in total. The predicted octanol–water partition coefficient (Wildman–Crippen LogP) is 2.80. The Kier molecular flexibility index (Phi) is 5.89. The Balaban J connectivity index is 1.33. The van der Waals surface area contributed by atoms with Gasteiger partial charge < -0.3 is 19.3 Å². The smallest absolute Gasteiger partial charge is 0.277 e. The summed E-state index contributed by atoms with van der Waals surface area (Å²) >= 11 is 1.38. The standard InChI is InChI=1S/C24H23N5O4S/c1-32-18-12-17(13-19(14-18)33-2)23(31)28-10-8-27(9-11-28)20-15-21(30)29-24(25-20)34-22(26-29)16-6-4-3-5-7-16/h3-7,12-15H,8-11H2,1-2H3. The lowest BCUT2D eigenvalue weighted by atomic mass is 10.1. The summed E-state index contributed by atoms with van der Waals surface area (Å²) in [6, 6.07) is 16.4. The number of hydrogen-bond donors (Lipinski definition) is 0. The van der Waals surface area contributed by atoms with Crippen LogP contribution in [-0.4, -0.2) is 65.8 Å². The van der Waals surface area contributed by atoms with Crippen LogP contribution in [0, 0.1) is 0 Å². The van der Waals surface area contributed by atoms with E-state index in [0.717, 1.165) is 10.6 Å². The van der Waals surface area contributed by atoms with Gasteiger partial charge in [0.1, 0.15) is 22.3 Å². The number of amides is 1. The molecule has 0 atom stereocenters. The van der Waals surface area contributed by atoms with Crippen LogP contribution in [0.1, 0.15) is 10.4 Å². The molecule has 10 heteroatoms. The second-order valence-corrected chi connectivity index (χ2v) is 8.76. The normalized spacial score (nSPS) is 13.8. The highest BCUT2D eigenvalue weighted by molar-refractivity contribution is 7.19. The zero-order chi connectivity index (χ0) is 23.7. The molecule has 0 radical (unpaired) electrons. The van der Waals surface area contributed by atoms with E-state index in [4.69, 9.17) is 9.47 Å². The molecule has 9 nitrogen and oxygen atoms in total. The van der Waals surface area contributed by atoms with Crippen LogP contribution in [0.25, 0.3) is 15.5 Å². The zero-order valence-electron chi connectivity index (χ0n) is 18.8. The number of aromatic nitrogens is 3. The molecule has 0 aliphatic carbocycles. The van der Waals surface area contributed by atoms with Crippen molar-refractivity contribution in [2.24, 2.45) is 0 Å². The molecule has 0 unspecified atom stereocenters. The van der Waals surface area contributed by atoms with Gasteiger partial charge in [-0.1, -0.05) is 41.7 Å². The van der Waals surface area contributed by atoms with E-state index in [2.05, 4.69) is 10.1 Å². The topological polar surface area (TPSA) is 89.3 Å². The minimum atomic E-state index is -0.222.